The number of rotatable bonds is 6. The van der Waals surface area contributed by atoms with Gasteiger partial charge in [-0.1, -0.05) is 45.0 Å². The number of hydrogen-bond acceptors (Lipinski definition) is 6. The highest BCUT2D eigenvalue weighted by atomic mass is 32.1. The lowest BCUT2D eigenvalue weighted by Gasteiger charge is -2.39. The number of carbonyl (C=O) groups is 2. The van der Waals surface area contributed by atoms with Crippen molar-refractivity contribution in [1.82, 2.24) is 20.5 Å². The van der Waals surface area contributed by atoms with Gasteiger partial charge in [0.15, 0.2) is 0 Å². The zero-order chi connectivity index (χ0) is 26.1. The second-order valence-corrected chi connectivity index (χ2v) is 12.6. The molecular formula is C27H40N4O3S. The number of amides is 2. The van der Waals surface area contributed by atoms with Crippen molar-refractivity contribution in [3.63, 3.8) is 0 Å². The number of aliphatic hydroxyl groups is 1. The molecule has 0 radical (unpaired) electrons. The molecule has 1 saturated heterocycles. The summed E-state index contributed by atoms with van der Waals surface area (Å²) in [5.41, 5.74) is 4.28. The number of benzene rings is 1. The number of thiazole rings is 1. The second kappa shape index (κ2) is 10.4. The molecule has 1 aliphatic heterocycles. The highest BCUT2D eigenvalue weighted by Gasteiger charge is 2.44. The van der Waals surface area contributed by atoms with E-state index in [2.05, 4.69) is 15.6 Å². The fraction of sp³-hybridized carbons (Fsp3) is 0.593. The van der Waals surface area contributed by atoms with Gasteiger partial charge in [-0.05, 0) is 51.2 Å². The predicted molar refractivity (Wildman–Crippen MR) is 141 cm³/mol. The SMILES string of the molecule is Cc1ncsc1-c1ccc(C(C)NC(=O)[C@@H]2C[C@@H](O)CN2C(=O)[C@@H](NC(C)(C)C)C(C)(C)C)cc1. The highest BCUT2D eigenvalue weighted by Crippen LogP contribution is 2.30. The van der Waals surface area contributed by atoms with Crippen LogP contribution >= 0.6 is 11.3 Å². The molecule has 1 unspecified atom stereocenters. The smallest absolute Gasteiger partial charge is 0.243 e. The van der Waals surface area contributed by atoms with Gasteiger partial charge in [0, 0.05) is 18.5 Å². The summed E-state index contributed by atoms with van der Waals surface area (Å²) in [6, 6.07) is 6.68. The summed E-state index contributed by atoms with van der Waals surface area (Å²) < 4.78 is 0. The van der Waals surface area contributed by atoms with Crippen LogP contribution in [0.5, 0.6) is 0 Å². The number of aryl methyl sites for hydroxylation is 1. The topological polar surface area (TPSA) is 94.6 Å². The van der Waals surface area contributed by atoms with Crippen LogP contribution in [0.3, 0.4) is 0 Å². The Balaban J connectivity index is 1.73. The Morgan fingerprint density at radius 1 is 1.14 bits per heavy atom. The van der Waals surface area contributed by atoms with Gasteiger partial charge in [0.2, 0.25) is 11.8 Å². The third kappa shape index (κ3) is 6.68. The molecule has 4 atom stereocenters. The van der Waals surface area contributed by atoms with E-state index in [0.29, 0.717) is 0 Å². The van der Waals surface area contributed by atoms with E-state index in [1.54, 1.807) is 16.2 Å². The standard InChI is InChI=1S/C27H40N4O3S/c1-16(18-9-11-19(12-10-18)22-17(2)28-15-35-22)29-24(33)21-13-20(32)14-31(21)25(34)23(26(3,4)5)30-27(6,7)8/h9-12,15-16,20-21,23,30,32H,13-14H2,1-8H3,(H,29,33)/t16?,20-,21+,23-/m1/s1. The lowest BCUT2D eigenvalue weighted by molar-refractivity contribution is -0.143. The van der Waals surface area contributed by atoms with Crippen LogP contribution in [0, 0.1) is 12.3 Å². The predicted octanol–water partition coefficient (Wildman–Crippen LogP) is 4.06. The lowest BCUT2D eigenvalue weighted by Crippen LogP contribution is -2.60. The van der Waals surface area contributed by atoms with Gasteiger partial charge < -0.3 is 20.6 Å². The zero-order valence-corrected chi connectivity index (χ0v) is 23.0. The summed E-state index contributed by atoms with van der Waals surface area (Å²) in [6.45, 7) is 16.2. The highest BCUT2D eigenvalue weighted by molar-refractivity contribution is 7.13. The summed E-state index contributed by atoms with van der Waals surface area (Å²) >= 11 is 1.61. The summed E-state index contributed by atoms with van der Waals surface area (Å²) in [5.74, 6) is -0.394. The molecule has 3 rings (SSSR count). The van der Waals surface area contributed by atoms with Gasteiger partial charge in [0.1, 0.15) is 6.04 Å². The molecule has 1 aliphatic rings. The average Bonchev–Trinajstić information content (AvgIpc) is 3.35. The summed E-state index contributed by atoms with van der Waals surface area (Å²) in [7, 11) is 0. The minimum atomic E-state index is -0.720. The first kappa shape index (κ1) is 27.3. The van der Waals surface area contributed by atoms with Crippen LogP contribution in [-0.4, -0.2) is 57.1 Å². The van der Waals surface area contributed by atoms with Gasteiger partial charge in [-0.2, -0.15) is 0 Å². The van der Waals surface area contributed by atoms with Crippen LogP contribution < -0.4 is 10.6 Å². The number of hydrogen-bond donors (Lipinski definition) is 3. The van der Waals surface area contributed by atoms with Crippen LogP contribution in [0.2, 0.25) is 0 Å². The van der Waals surface area contributed by atoms with Crippen molar-refractivity contribution < 1.29 is 14.7 Å². The first-order valence-electron chi connectivity index (χ1n) is 12.2. The summed E-state index contributed by atoms with van der Waals surface area (Å²) in [5, 5.41) is 16.9. The van der Waals surface area contributed by atoms with E-state index >= 15 is 0 Å². The van der Waals surface area contributed by atoms with Gasteiger partial charge >= 0.3 is 0 Å². The molecule has 2 aromatic rings. The largest absolute Gasteiger partial charge is 0.391 e. The van der Waals surface area contributed by atoms with Crippen LogP contribution in [0.25, 0.3) is 10.4 Å². The average molecular weight is 501 g/mol. The van der Waals surface area contributed by atoms with E-state index in [-0.39, 0.29) is 41.8 Å². The third-order valence-corrected chi connectivity index (χ3v) is 7.31. The molecular weight excluding hydrogens is 460 g/mol. The lowest BCUT2D eigenvalue weighted by atomic mass is 9.84. The van der Waals surface area contributed by atoms with Crippen molar-refractivity contribution in [2.45, 2.75) is 91.6 Å². The van der Waals surface area contributed by atoms with E-state index in [1.807, 2.05) is 85.2 Å². The van der Waals surface area contributed by atoms with Crippen molar-refractivity contribution in [3.05, 3.63) is 41.0 Å². The maximum Gasteiger partial charge on any atom is 0.243 e. The number of aliphatic hydroxyl groups excluding tert-OH is 1. The van der Waals surface area contributed by atoms with Gasteiger partial charge in [0.05, 0.1) is 34.3 Å². The molecule has 0 aliphatic carbocycles. The number of β-amino-alcohol motifs (C(OH)–C–C–N with tert-alkyl or cyclic N) is 1. The van der Waals surface area contributed by atoms with E-state index in [0.717, 1.165) is 21.7 Å². The molecule has 0 bridgehead atoms. The van der Waals surface area contributed by atoms with E-state index in [1.165, 1.54) is 0 Å². The Morgan fingerprint density at radius 3 is 2.29 bits per heavy atom. The van der Waals surface area contributed by atoms with Crippen molar-refractivity contribution in [3.8, 4) is 10.4 Å². The number of nitrogens with one attached hydrogen (secondary N) is 2. The van der Waals surface area contributed by atoms with E-state index in [4.69, 9.17) is 0 Å². The summed E-state index contributed by atoms with van der Waals surface area (Å²) in [4.78, 5) is 33.9. The monoisotopic (exact) mass is 500 g/mol. The van der Waals surface area contributed by atoms with Crippen molar-refractivity contribution in [2.75, 3.05) is 6.54 Å². The molecule has 2 heterocycles. The van der Waals surface area contributed by atoms with Gasteiger partial charge in [-0.25, -0.2) is 4.98 Å². The zero-order valence-electron chi connectivity index (χ0n) is 22.2. The van der Waals surface area contributed by atoms with Gasteiger partial charge in [0.25, 0.3) is 0 Å². The second-order valence-electron chi connectivity index (χ2n) is 11.7. The van der Waals surface area contributed by atoms with Crippen LogP contribution in [0.1, 0.15) is 72.2 Å². The Morgan fingerprint density at radius 2 is 1.77 bits per heavy atom. The Labute approximate surface area is 213 Å². The summed E-state index contributed by atoms with van der Waals surface area (Å²) in [6.07, 6.45) is -0.484. The maximum absolute atomic E-state index is 13.6. The third-order valence-electron chi connectivity index (χ3n) is 6.33. The number of aromatic nitrogens is 1. The Hall–Kier alpha value is -2.29. The van der Waals surface area contributed by atoms with Crippen LogP contribution in [0.15, 0.2) is 29.8 Å². The van der Waals surface area contributed by atoms with Gasteiger partial charge in [-0.15, -0.1) is 11.3 Å². The van der Waals surface area contributed by atoms with Crippen LogP contribution in [-0.2, 0) is 9.59 Å². The normalized spacial score (nSPS) is 20.5. The first-order valence-corrected chi connectivity index (χ1v) is 13.1. The molecule has 2 amide bonds. The fourth-order valence-corrected chi connectivity index (χ4v) is 5.26. The molecule has 0 spiro atoms. The minimum Gasteiger partial charge on any atom is -0.391 e. The molecule has 8 heteroatoms. The van der Waals surface area contributed by atoms with Crippen LogP contribution in [0.4, 0.5) is 0 Å². The molecule has 35 heavy (non-hydrogen) atoms. The van der Waals surface area contributed by atoms with E-state index < -0.39 is 18.2 Å². The Kier molecular flexibility index (Phi) is 8.09. The first-order chi connectivity index (χ1) is 16.2. The molecule has 1 fully saturated rings. The maximum atomic E-state index is 13.6. The molecule has 0 saturated carbocycles. The Bertz CT molecular complexity index is 1040. The number of likely N-dealkylation sites (tertiary alicyclic amines) is 1. The molecule has 1 aromatic heterocycles. The fourth-order valence-electron chi connectivity index (χ4n) is 4.45. The van der Waals surface area contributed by atoms with Crippen molar-refractivity contribution >= 4 is 23.2 Å². The molecule has 1 aromatic carbocycles. The number of carbonyl (C=O) groups excluding carboxylic acids is 2. The molecule has 3 N–H and O–H groups in total. The molecule has 7 nitrogen and oxygen atoms in total. The van der Waals surface area contributed by atoms with Gasteiger partial charge in [-0.3, -0.25) is 9.59 Å². The molecule has 192 valence electrons. The minimum absolute atomic E-state index is 0.152. The van der Waals surface area contributed by atoms with Crippen molar-refractivity contribution in [2.24, 2.45) is 5.41 Å². The van der Waals surface area contributed by atoms with E-state index in [9.17, 15) is 14.7 Å². The van der Waals surface area contributed by atoms with Crippen molar-refractivity contribution in [1.29, 1.82) is 0 Å². The number of nitrogens with zero attached hydrogens (tertiary/aromatic N) is 2. The quantitative estimate of drug-likeness (QED) is 0.556.